The lowest BCUT2D eigenvalue weighted by atomic mass is 10.1. The van der Waals surface area contributed by atoms with Crippen LogP contribution in [0.2, 0.25) is 0 Å². The Kier molecular flexibility index (Phi) is 4.51. The minimum Gasteiger partial charge on any atom is -0.338 e. The van der Waals surface area contributed by atoms with E-state index in [1.165, 1.54) is 0 Å². The van der Waals surface area contributed by atoms with Crippen molar-refractivity contribution in [3.8, 4) is 0 Å². The molecular formula is C19H21N3O. The lowest BCUT2D eigenvalue weighted by Crippen LogP contribution is -2.26. The number of amides is 1. The third-order valence-electron chi connectivity index (χ3n) is 4.08. The van der Waals surface area contributed by atoms with Gasteiger partial charge in [0, 0.05) is 36.5 Å². The minimum atomic E-state index is 0.0562. The standard InChI is InChI=1S/C19H21N3O/c1-14-12-15(2)21-19(20-14)17-10-11-22(13-17)18(23)9-8-16-6-4-3-5-7-16/h3-9,12,17H,10-11,13H2,1-2H3/b9-8+/t17-/m1/s1. The summed E-state index contributed by atoms with van der Waals surface area (Å²) in [5.41, 5.74) is 3.01. The normalized spacial score (nSPS) is 17.8. The highest BCUT2D eigenvalue weighted by Gasteiger charge is 2.28. The topological polar surface area (TPSA) is 46.1 Å². The van der Waals surface area contributed by atoms with Crippen molar-refractivity contribution < 1.29 is 4.79 Å². The number of hydrogen-bond acceptors (Lipinski definition) is 3. The van der Waals surface area contributed by atoms with Gasteiger partial charge in [0.15, 0.2) is 0 Å². The number of rotatable bonds is 3. The highest BCUT2D eigenvalue weighted by molar-refractivity contribution is 5.92. The Labute approximate surface area is 136 Å². The molecule has 0 saturated carbocycles. The summed E-state index contributed by atoms with van der Waals surface area (Å²) in [7, 11) is 0. The van der Waals surface area contributed by atoms with Crippen molar-refractivity contribution in [1.29, 1.82) is 0 Å². The van der Waals surface area contributed by atoms with Crippen LogP contribution in [0.3, 0.4) is 0 Å². The Morgan fingerprint density at radius 1 is 1.17 bits per heavy atom. The molecule has 0 N–H and O–H groups in total. The number of aryl methyl sites for hydroxylation is 2. The van der Waals surface area contributed by atoms with Crippen LogP contribution >= 0.6 is 0 Å². The Morgan fingerprint density at radius 3 is 2.57 bits per heavy atom. The predicted octanol–water partition coefficient (Wildman–Crippen LogP) is 3.12. The molecule has 1 amide bonds. The van der Waals surface area contributed by atoms with Crippen LogP contribution in [0.15, 0.2) is 42.5 Å². The summed E-state index contributed by atoms with van der Waals surface area (Å²) >= 11 is 0. The van der Waals surface area contributed by atoms with Crippen LogP contribution in [0, 0.1) is 13.8 Å². The first-order valence-electron chi connectivity index (χ1n) is 7.96. The Morgan fingerprint density at radius 2 is 1.87 bits per heavy atom. The highest BCUT2D eigenvalue weighted by Crippen LogP contribution is 2.25. The fourth-order valence-corrected chi connectivity index (χ4v) is 2.94. The molecule has 23 heavy (non-hydrogen) atoms. The zero-order chi connectivity index (χ0) is 16.2. The van der Waals surface area contributed by atoms with Gasteiger partial charge in [-0.05, 0) is 38.0 Å². The van der Waals surface area contributed by atoms with Crippen molar-refractivity contribution in [2.24, 2.45) is 0 Å². The molecule has 1 atom stereocenters. The second-order valence-corrected chi connectivity index (χ2v) is 6.02. The van der Waals surface area contributed by atoms with Crippen LogP contribution < -0.4 is 0 Å². The van der Waals surface area contributed by atoms with Crippen LogP contribution in [-0.2, 0) is 4.79 Å². The monoisotopic (exact) mass is 307 g/mol. The van der Waals surface area contributed by atoms with E-state index in [4.69, 9.17) is 0 Å². The van der Waals surface area contributed by atoms with Gasteiger partial charge < -0.3 is 4.90 Å². The summed E-state index contributed by atoms with van der Waals surface area (Å²) in [5.74, 6) is 1.16. The Hall–Kier alpha value is -2.49. The van der Waals surface area contributed by atoms with Crippen molar-refractivity contribution in [3.63, 3.8) is 0 Å². The molecule has 1 fully saturated rings. The fraction of sp³-hybridized carbons (Fsp3) is 0.316. The molecule has 2 aromatic rings. The molecule has 4 nitrogen and oxygen atoms in total. The maximum absolute atomic E-state index is 12.3. The van der Waals surface area contributed by atoms with Crippen LogP contribution in [0.1, 0.15) is 35.1 Å². The van der Waals surface area contributed by atoms with Crippen molar-refractivity contribution in [1.82, 2.24) is 14.9 Å². The number of likely N-dealkylation sites (tertiary alicyclic amines) is 1. The molecule has 0 spiro atoms. The van der Waals surface area contributed by atoms with Crippen LogP contribution in [0.25, 0.3) is 6.08 Å². The summed E-state index contributed by atoms with van der Waals surface area (Å²) in [6, 6.07) is 11.8. The second kappa shape index (κ2) is 6.73. The fourth-order valence-electron chi connectivity index (χ4n) is 2.94. The van der Waals surface area contributed by atoms with Gasteiger partial charge in [0.1, 0.15) is 5.82 Å². The lowest BCUT2D eigenvalue weighted by molar-refractivity contribution is -0.124. The maximum atomic E-state index is 12.3. The van der Waals surface area contributed by atoms with Crippen LogP contribution in [0.5, 0.6) is 0 Å². The quantitative estimate of drug-likeness (QED) is 0.819. The molecule has 4 heteroatoms. The van der Waals surface area contributed by atoms with Gasteiger partial charge in [-0.25, -0.2) is 9.97 Å². The van der Waals surface area contributed by atoms with E-state index in [9.17, 15) is 4.79 Å². The third kappa shape index (κ3) is 3.83. The van der Waals surface area contributed by atoms with E-state index >= 15 is 0 Å². The molecule has 1 aromatic carbocycles. The summed E-state index contributed by atoms with van der Waals surface area (Å²) in [6.45, 7) is 5.43. The molecule has 0 unspecified atom stereocenters. The SMILES string of the molecule is Cc1cc(C)nc([C@@H]2CCN(C(=O)/C=C/c3ccccc3)C2)n1. The molecule has 1 aromatic heterocycles. The Bertz CT molecular complexity index is 704. The average molecular weight is 307 g/mol. The smallest absolute Gasteiger partial charge is 0.246 e. The van der Waals surface area contributed by atoms with Gasteiger partial charge in [-0.1, -0.05) is 30.3 Å². The van der Waals surface area contributed by atoms with E-state index in [1.54, 1.807) is 6.08 Å². The van der Waals surface area contributed by atoms with Gasteiger partial charge >= 0.3 is 0 Å². The lowest BCUT2D eigenvalue weighted by Gasteiger charge is -2.14. The summed E-state index contributed by atoms with van der Waals surface area (Å²) < 4.78 is 0. The minimum absolute atomic E-state index is 0.0562. The molecule has 3 rings (SSSR count). The van der Waals surface area contributed by atoms with E-state index in [1.807, 2.05) is 61.2 Å². The summed E-state index contributed by atoms with van der Waals surface area (Å²) in [6.07, 6.45) is 4.44. The summed E-state index contributed by atoms with van der Waals surface area (Å²) in [5, 5.41) is 0. The third-order valence-corrected chi connectivity index (χ3v) is 4.08. The van der Waals surface area contributed by atoms with E-state index in [2.05, 4.69) is 9.97 Å². The van der Waals surface area contributed by atoms with Crippen molar-refractivity contribution in [2.75, 3.05) is 13.1 Å². The molecule has 1 aliphatic heterocycles. The molecule has 118 valence electrons. The molecule has 0 radical (unpaired) electrons. The molecule has 0 bridgehead atoms. The maximum Gasteiger partial charge on any atom is 0.246 e. The van der Waals surface area contributed by atoms with Gasteiger partial charge in [-0.15, -0.1) is 0 Å². The van der Waals surface area contributed by atoms with Crippen LogP contribution in [0.4, 0.5) is 0 Å². The van der Waals surface area contributed by atoms with Crippen molar-refractivity contribution in [2.45, 2.75) is 26.2 Å². The number of benzene rings is 1. The largest absolute Gasteiger partial charge is 0.338 e. The van der Waals surface area contributed by atoms with Crippen molar-refractivity contribution >= 4 is 12.0 Å². The molecular weight excluding hydrogens is 286 g/mol. The Balaban J connectivity index is 1.65. The summed E-state index contributed by atoms with van der Waals surface area (Å²) in [4.78, 5) is 23.3. The zero-order valence-electron chi connectivity index (χ0n) is 13.6. The van der Waals surface area contributed by atoms with E-state index in [0.29, 0.717) is 6.54 Å². The molecule has 0 aliphatic carbocycles. The highest BCUT2D eigenvalue weighted by atomic mass is 16.2. The zero-order valence-corrected chi connectivity index (χ0v) is 13.6. The number of hydrogen-bond donors (Lipinski definition) is 0. The van der Waals surface area contributed by atoms with E-state index in [-0.39, 0.29) is 11.8 Å². The molecule has 1 aliphatic rings. The number of nitrogens with zero attached hydrogens (tertiary/aromatic N) is 3. The van der Waals surface area contributed by atoms with Gasteiger partial charge in [0.05, 0.1) is 0 Å². The van der Waals surface area contributed by atoms with E-state index in [0.717, 1.165) is 35.7 Å². The number of aromatic nitrogens is 2. The van der Waals surface area contributed by atoms with Crippen molar-refractivity contribution in [3.05, 3.63) is 65.2 Å². The average Bonchev–Trinajstić information content (AvgIpc) is 3.03. The van der Waals surface area contributed by atoms with Crippen LogP contribution in [-0.4, -0.2) is 33.9 Å². The van der Waals surface area contributed by atoms with Gasteiger partial charge in [0.2, 0.25) is 5.91 Å². The number of carbonyl (C=O) groups excluding carboxylic acids is 1. The van der Waals surface area contributed by atoms with Gasteiger partial charge in [-0.3, -0.25) is 4.79 Å². The first-order chi connectivity index (χ1) is 11.1. The number of carbonyl (C=O) groups is 1. The first kappa shape index (κ1) is 15.4. The van der Waals surface area contributed by atoms with Gasteiger partial charge in [0.25, 0.3) is 0 Å². The molecule has 2 heterocycles. The predicted molar refractivity (Wildman–Crippen MR) is 90.9 cm³/mol. The second-order valence-electron chi connectivity index (χ2n) is 6.02. The first-order valence-corrected chi connectivity index (χ1v) is 7.96. The molecule has 1 saturated heterocycles. The van der Waals surface area contributed by atoms with E-state index < -0.39 is 0 Å². The van der Waals surface area contributed by atoms with Gasteiger partial charge in [-0.2, -0.15) is 0 Å².